The maximum absolute atomic E-state index is 2.50. The molecule has 7 rings (SSSR count). The Balaban J connectivity index is 1.60. The first-order valence-electron chi connectivity index (χ1n) is 13.7. The molecule has 1 aliphatic carbocycles. The van der Waals surface area contributed by atoms with E-state index < -0.39 is 8.80 Å². The summed E-state index contributed by atoms with van der Waals surface area (Å²) in [4.78, 5) is 0. The average molecular weight is 496 g/mol. The first-order chi connectivity index (χ1) is 17.5. The summed E-state index contributed by atoms with van der Waals surface area (Å²) < 4.78 is 0. The Bertz CT molecular complexity index is 1620. The molecule has 0 saturated carbocycles. The first-order valence-corrected chi connectivity index (χ1v) is 15.2. The third-order valence-electron chi connectivity index (χ3n) is 8.78. The second-order valence-electron chi connectivity index (χ2n) is 13.3. The maximum atomic E-state index is 2.50. The number of hydrogen-bond donors (Lipinski definition) is 0. The van der Waals surface area contributed by atoms with Crippen LogP contribution in [0, 0.1) is 0 Å². The smallest absolute Gasteiger partial charge is 0.0674 e. The predicted molar refractivity (Wildman–Crippen MR) is 162 cm³/mol. The lowest BCUT2D eigenvalue weighted by molar-refractivity contribution is 0.569. The second kappa shape index (κ2) is 7.45. The van der Waals surface area contributed by atoms with Crippen molar-refractivity contribution in [3.8, 4) is 33.4 Å². The first kappa shape index (κ1) is 23.0. The van der Waals surface area contributed by atoms with Gasteiger partial charge in [0.2, 0.25) is 0 Å². The molecular weight excluding hydrogens is 460 g/mol. The van der Waals surface area contributed by atoms with E-state index >= 15 is 0 Å². The van der Waals surface area contributed by atoms with Gasteiger partial charge in [0.15, 0.2) is 0 Å². The number of allylic oxidation sites excluding steroid dienone is 1. The van der Waals surface area contributed by atoms with Crippen molar-refractivity contribution in [3.05, 3.63) is 101 Å². The topological polar surface area (TPSA) is 0 Å². The molecule has 183 valence electrons. The molecule has 0 aromatic heterocycles. The molecule has 0 amide bonds. The Kier molecular flexibility index (Phi) is 4.63. The van der Waals surface area contributed by atoms with Gasteiger partial charge in [-0.15, -0.1) is 0 Å². The molecule has 2 aliphatic heterocycles. The van der Waals surface area contributed by atoms with Gasteiger partial charge in [0, 0.05) is 5.54 Å². The molecule has 4 aromatic carbocycles. The summed E-state index contributed by atoms with van der Waals surface area (Å²) in [6.07, 6.45) is 2.48. The van der Waals surface area contributed by atoms with Gasteiger partial charge >= 0.3 is 0 Å². The summed E-state index contributed by atoms with van der Waals surface area (Å²) in [5.41, 5.74) is 16.7. The summed E-state index contributed by atoms with van der Waals surface area (Å²) in [6, 6.07) is 28.6. The van der Waals surface area contributed by atoms with Crippen LogP contribution in [0.4, 0.5) is 0 Å². The van der Waals surface area contributed by atoms with Crippen LogP contribution in [0.3, 0.4) is 0 Å². The van der Waals surface area contributed by atoms with Crippen LogP contribution < -0.4 is 10.4 Å². The molecule has 1 heteroatoms. The van der Waals surface area contributed by atoms with Crippen LogP contribution in [-0.2, 0) is 10.8 Å². The van der Waals surface area contributed by atoms with Crippen LogP contribution in [0.5, 0.6) is 0 Å². The van der Waals surface area contributed by atoms with E-state index in [0.29, 0.717) is 5.54 Å². The summed E-state index contributed by atoms with van der Waals surface area (Å²) in [7, 11) is -1.02. The molecule has 3 aliphatic rings. The molecule has 0 saturated heterocycles. The monoisotopic (exact) mass is 495 g/mol. The molecule has 0 N–H and O–H groups in total. The van der Waals surface area contributed by atoms with Gasteiger partial charge in [0.05, 0.1) is 0 Å². The summed E-state index contributed by atoms with van der Waals surface area (Å²) in [5.74, 6) is 0. The maximum Gasteiger partial charge on any atom is 0.135 e. The summed E-state index contributed by atoms with van der Waals surface area (Å²) in [5, 5.41) is 3.22. The van der Waals surface area contributed by atoms with Gasteiger partial charge in [-0.2, -0.15) is 0 Å². The molecule has 4 aromatic rings. The van der Waals surface area contributed by atoms with Gasteiger partial charge in [0.25, 0.3) is 0 Å². The largest absolute Gasteiger partial charge is 0.135 e. The molecule has 37 heavy (non-hydrogen) atoms. The summed E-state index contributed by atoms with van der Waals surface area (Å²) in [6.45, 7) is 16.5. The molecule has 1 unspecified atom stereocenters. The van der Waals surface area contributed by atoms with Crippen LogP contribution >= 0.6 is 0 Å². The van der Waals surface area contributed by atoms with E-state index in [9.17, 15) is 0 Å². The van der Waals surface area contributed by atoms with E-state index in [4.69, 9.17) is 0 Å². The van der Waals surface area contributed by atoms with Gasteiger partial charge in [0.1, 0.15) is 8.80 Å². The van der Waals surface area contributed by atoms with Crippen LogP contribution in [0.25, 0.3) is 39.5 Å². The van der Waals surface area contributed by atoms with E-state index in [2.05, 4.69) is 127 Å². The lowest BCUT2D eigenvalue weighted by Gasteiger charge is -2.28. The van der Waals surface area contributed by atoms with Crippen molar-refractivity contribution in [2.24, 2.45) is 0 Å². The van der Waals surface area contributed by atoms with Crippen molar-refractivity contribution >= 4 is 25.2 Å². The quantitative estimate of drug-likeness (QED) is 0.233. The number of benzene rings is 4. The minimum Gasteiger partial charge on any atom is -0.0674 e. The highest BCUT2D eigenvalue weighted by Gasteiger charge is 2.45. The van der Waals surface area contributed by atoms with Crippen molar-refractivity contribution < 1.29 is 0 Å². The normalized spacial score (nSPS) is 17.4. The third-order valence-corrected chi connectivity index (χ3v) is 12.2. The van der Waals surface area contributed by atoms with E-state index in [1.807, 2.05) is 0 Å². The molecule has 2 bridgehead atoms. The van der Waals surface area contributed by atoms with Crippen LogP contribution in [0.2, 0.25) is 0 Å². The number of rotatable bonds is 1. The van der Waals surface area contributed by atoms with Crippen LogP contribution in [0.1, 0.15) is 76.3 Å². The van der Waals surface area contributed by atoms with Crippen molar-refractivity contribution in [2.75, 3.05) is 0 Å². The highest BCUT2D eigenvalue weighted by molar-refractivity contribution is 6.92. The Morgan fingerprint density at radius 1 is 0.649 bits per heavy atom. The summed E-state index contributed by atoms with van der Waals surface area (Å²) >= 11 is 0. The van der Waals surface area contributed by atoms with E-state index in [1.54, 1.807) is 15.9 Å². The lowest BCUT2D eigenvalue weighted by Crippen LogP contribution is -2.44. The molecule has 0 nitrogen and oxygen atoms in total. The van der Waals surface area contributed by atoms with Crippen molar-refractivity contribution in [3.63, 3.8) is 0 Å². The molecule has 2 heterocycles. The van der Waals surface area contributed by atoms with Crippen molar-refractivity contribution in [1.29, 1.82) is 0 Å². The minimum atomic E-state index is -1.02. The van der Waals surface area contributed by atoms with Crippen LogP contribution in [0.15, 0.2) is 78.4 Å². The Labute approximate surface area is 223 Å². The van der Waals surface area contributed by atoms with Gasteiger partial charge in [-0.05, 0) is 83.8 Å². The Morgan fingerprint density at radius 2 is 1.27 bits per heavy atom. The third kappa shape index (κ3) is 3.20. The van der Waals surface area contributed by atoms with Crippen molar-refractivity contribution in [1.82, 2.24) is 0 Å². The second-order valence-corrected chi connectivity index (χ2v) is 15.7. The minimum absolute atomic E-state index is 0.0896. The van der Waals surface area contributed by atoms with Crippen molar-refractivity contribution in [2.45, 2.75) is 64.8 Å². The zero-order chi connectivity index (χ0) is 25.9. The fourth-order valence-corrected chi connectivity index (χ4v) is 10.7. The van der Waals surface area contributed by atoms with Gasteiger partial charge in [-0.25, -0.2) is 0 Å². The zero-order valence-corrected chi connectivity index (χ0v) is 24.1. The highest BCUT2D eigenvalue weighted by Crippen LogP contribution is 2.52. The standard InChI is InChI=1S/C36H35Si/c1-21-17-22-15-16-27-29-13-10-12-28-26-11-8-9-14-30(26)37(34(28)29)33(21)32(22)31(27)23-18-24(35(2,3)4)20-25(19-23)36(5,6)7/h8-20,33H,1-7H3. The Hall–Kier alpha value is -3.16. The molecule has 1 atom stereocenters. The van der Waals surface area contributed by atoms with E-state index in [-0.39, 0.29) is 10.8 Å². The Morgan fingerprint density at radius 3 is 1.95 bits per heavy atom. The van der Waals surface area contributed by atoms with Gasteiger partial charge in [-0.1, -0.05) is 126 Å². The fourth-order valence-electron chi connectivity index (χ4n) is 6.85. The van der Waals surface area contributed by atoms with E-state index in [0.717, 1.165) is 0 Å². The highest BCUT2D eigenvalue weighted by atomic mass is 28.3. The van der Waals surface area contributed by atoms with E-state index in [1.165, 1.54) is 55.6 Å². The SMILES string of the molecule is CC1=Cc2ccc3c(-c4cc(C(C)(C)C)cc(C(C)(C)C)c4)c2C1[Si]1c2ccccc2-c2cccc-3c21. The molecule has 0 fully saturated rings. The molecule has 0 spiro atoms. The van der Waals surface area contributed by atoms with Gasteiger partial charge < -0.3 is 0 Å². The van der Waals surface area contributed by atoms with Gasteiger partial charge in [-0.3, -0.25) is 0 Å². The number of fused-ring (bicyclic) bond motifs is 6. The fraction of sp³-hybridized carbons (Fsp3) is 0.278. The lowest BCUT2D eigenvalue weighted by atomic mass is 9.77. The predicted octanol–water partition coefficient (Wildman–Crippen LogP) is 8.26. The van der Waals surface area contributed by atoms with Crippen LogP contribution in [-0.4, -0.2) is 8.80 Å². The zero-order valence-electron chi connectivity index (χ0n) is 23.1. The molecular formula is C36H35Si. The number of hydrogen-bond acceptors (Lipinski definition) is 0. The molecule has 1 radical (unpaired) electrons. The average Bonchev–Trinajstić information content (AvgIpc) is 3.32.